The van der Waals surface area contributed by atoms with Crippen molar-refractivity contribution in [3.8, 4) is 0 Å². The third-order valence-corrected chi connectivity index (χ3v) is 3.09. The number of carbonyl (C=O) groups excluding carboxylic acids is 2. The fourth-order valence-corrected chi connectivity index (χ4v) is 2.09. The van der Waals surface area contributed by atoms with Gasteiger partial charge in [-0.25, -0.2) is 4.79 Å². The lowest BCUT2D eigenvalue weighted by Crippen LogP contribution is -2.38. The van der Waals surface area contributed by atoms with Crippen LogP contribution in [0, 0.1) is 0 Å². The van der Waals surface area contributed by atoms with E-state index in [1.54, 1.807) is 57.2 Å². The third-order valence-electron chi connectivity index (χ3n) is 3.09. The zero-order valence-electron chi connectivity index (χ0n) is 13.6. The van der Waals surface area contributed by atoms with E-state index < -0.39 is 17.6 Å². The lowest BCUT2D eigenvalue weighted by Gasteiger charge is -2.24. The van der Waals surface area contributed by atoms with Gasteiger partial charge in [0, 0.05) is 5.56 Å². The maximum Gasteiger partial charge on any atom is 0.333 e. The molecule has 0 heterocycles. The molecular formula is C19H21NO3. The number of rotatable bonds is 4. The predicted molar refractivity (Wildman–Crippen MR) is 88.9 cm³/mol. The van der Waals surface area contributed by atoms with Gasteiger partial charge in [0.2, 0.25) is 0 Å². The molecule has 0 bridgehead atoms. The Bertz CT molecular complexity index is 660. The van der Waals surface area contributed by atoms with Crippen LogP contribution in [0.25, 0.3) is 0 Å². The normalized spacial score (nSPS) is 12.3. The monoisotopic (exact) mass is 311 g/mol. The van der Waals surface area contributed by atoms with Crippen molar-refractivity contribution in [2.75, 3.05) is 0 Å². The summed E-state index contributed by atoms with van der Waals surface area (Å²) in [4.78, 5) is 24.9. The summed E-state index contributed by atoms with van der Waals surface area (Å²) in [6, 6.07) is 17.0. The quantitative estimate of drug-likeness (QED) is 0.879. The molecule has 0 fully saturated rings. The highest BCUT2D eigenvalue weighted by Crippen LogP contribution is 2.19. The van der Waals surface area contributed by atoms with Crippen LogP contribution in [0.4, 0.5) is 0 Å². The second-order valence-corrected chi connectivity index (χ2v) is 6.22. The molecule has 4 heteroatoms. The summed E-state index contributed by atoms with van der Waals surface area (Å²) in [6.45, 7) is 5.39. The second kappa shape index (κ2) is 7.09. The molecule has 0 aliphatic heterocycles. The maximum atomic E-state index is 12.5. The van der Waals surface area contributed by atoms with Crippen molar-refractivity contribution in [2.24, 2.45) is 0 Å². The Kier molecular flexibility index (Phi) is 5.16. The van der Waals surface area contributed by atoms with Crippen LogP contribution in [0.15, 0.2) is 60.7 Å². The molecule has 1 unspecified atom stereocenters. The third kappa shape index (κ3) is 4.95. The Morgan fingerprint density at radius 3 is 1.96 bits per heavy atom. The maximum absolute atomic E-state index is 12.5. The summed E-state index contributed by atoms with van der Waals surface area (Å²) in [5, 5.41) is 2.76. The number of amides is 1. The van der Waals surface area contributed by atoms with Crippen molar-refractivity contribution in [2.45, 2.75) is 32.4 Å². The van der Waals surface area contributed by atoms with Gasteiger partial charge in [-0.2, -0.15) is 0 Å². The van der Waals surface area contributed by atoms with Gasteiger partial charge in [-0.3, -0.25) is 4.79 Å². The largest absolute Gasteiger partial charge is 0.458 e. The van der Waals surface area contributed by atoms with E-state index >= 15 is 0 Å². The molecule has 0 spiro atoms. The van der Waals surface area contributed by atoms with Gasteiger partial charge in [0.05, 0.1) is 0 Å². The van der Waals surface area contributed by atoms with E-state index in [9.17, 15) is 9.59 Å². The molecule has 0 aliphatic rings. The summed E-state index contributed by atoms with van der Waals surface area (Å²) in [5.41, 5.74) is 0.560. The molecule has 0 saturated carbocycles. The zero-order valence-corrected chi connectivity index (χ0v) is 13.6. The first-order valence-electron chi connectivity index (χ1n) is 7.50. The fourth-order valence-electron chi connectivity index (χ4n) is 2.09. The minimum absolute atomic E-state index is 0.315. The standard InChI is InChI=1S/C19H21NO3/c1-19(2,3)23-18(22)16(14-10-6-4-7-11-14)20-17(21)15-12-8-5-9-13-15/h4-13,16H,1-3H3,(H,20,21). The molecule has 2 rings (SSSR count). The molecule has 1 amide bonds. The predicted octanol–water partition coefficient (Wildman–Crippen LogP) is 3.50. The first-order valence-corrected chi connectivity index (χ1v) is 7.50. The molecule has 0 aliphatic carbocycles. The van der Waals surface area contributed by atoms with E-state index in [1.807, 2.05) is 24.3 Å². The van der Waals surface area contributed by atoms with E-state index in [0.717, 1.165) is 0 Å². The lowest BCUT2D eigenvalue weighted by atomic mass is 10.1. The van der Waals surface area contributed by atoms with Crippen molar-refractivity contribution in [3.63, 3.8) is 0 Å². The molecule has 1 N–H and O–H groups in total. The van der Waals surface area contributed by atoms with Crippen LogP contribution < -0.4 is 5.32 Å². The van der Waals surface area contributed by atoms with Gasteiger partial charge in [-0.1, -0.05) is 48.5 Å². The van der Waals surface area contributed by atoms with Gasteiger partial charge >= 0.3 is 5.97 Å². The number of hydrogen-bond acceptors (Lipinski definition) is 3. The highest BCUT2D eigenvalue weighted by Gasteiger charge is 2.28. The average molecular weight is 311 g/mol. The van der Waals surface area contributed by atoms with Crippen LogP contribution in [0.2, 0.25) is 0 Å². The average Bonchev–Trinajstić information content (AvgIpc) is 2.52. The van der Waals surface area contributed by atoms with Crippen molar-refractivity contribution in [3.05, 3.63) is 71.8 Å². The van der Waals surface area contributed by atoms with Crippen molar-refractivity contribution >= 4 is 11.9 Å². The van der Waals surface area contributed by atoms with E-state index in [1.165, 1.54) is 0 Å². The summed E-state index contributed by atoms with van der Waals surface area (Å²) in [5.74, 6) is -0.793. The smallest absolute Gasteiger partial charge is 0.333 e. The second-order valence-electron chi connectivity index (χ2n) is 6.22. The number of carbonyl (C=O) groups is 2. The van der Waals surface area contributed by atoms with E-state index in [2.05, 4.69) is 5.32 Å². The number of benzene rings is 2. The summed E-state index contributed by atoms with van der Waals surface area (Å²) in [7, 11) is 0. The molecule has 4 nitrogen and oxygen atoms in total. The Labute approximate surface area is 136 Å². The minimum Gasteiger partial charge on any atom is -0.458 e. The molecule has 2 aromatic rings. The molecule has 2 aromatic carbocycles. The van der Waals surface area contributed by atoms with Crippen molar-refractivity contribution in [1.29, 1.82) is 0 Å². The van der Waals surface area contributed by atoms with Crippen LogP contribution in [0.5, 0.6) is 0 Å². The molecule has 1 atom stereocenters. The van der Waals surface area contributed by atoms with Crippen LogP contribution in [-0.4, -0.2) is 17.5 Å². The first-order chi connectivity index (χ1) is 10.9. The van der Waals surface area contributed by atoms with Crippen molar-refractivity contribution in [1.82, 2.24) is 5.32 Å². The Morgan fingerprint density at radius 2 is 1.43 bits per heavy atom. The van der Waals surface area contributed by atoms with Gasteiger partial charge in [0.15, 0.2) is 6.04 Å². The van der Waals surface area contributed by atoms with Crippen LogP contribution in [0.1, 0.15) is 42.7 Å². The summed E-state index contributed by atoms with van der Waals surface area (Å²) >= 11 is 0. The number of nitrogens with one attached hydrogen (secondary N) is 1. The highest BCUT2D eigenvalue weighted by atomic mass is 16.6. The first kappa shape index (κ1) is 16.7. The van der Waals surface area contributed by atoms with Gasteiger partial charge < -0.3 is 10.1 Å². The number of ether oxygens (including phenoxy) is 1. The molecule has 0 radical (unpaired) electrons. The van der Waals surface area contributed by atoms with Crippen molar-refractivity contribution < 1.29 is 14.3 Å². The molecule has 120 valence electrons. The molecular weight excluding hydrogens is 290 g/mol. The van der Waals surface area contributed by atoms with Gasteiger partial charge in [-0.05, 0) is 38.5 Å². The Morgan fingerprint density at radius 1 is 0.913 bits per heavy atom. The summed E-state index contributed by atoms with van der Waals surface area (Å²) in [6.07, 6.45) is 0. The Balaban J connectivity index is 2.24. The lowest BCUT2D eigenvalue weighted by molar-refractivity contribution is -0.157. The SMILES string of the molecule is CC(C)(C)OC(=O)C(NC(=O)c1ccccc1)c1ccccc1. The zero-order chi connectivity index (χ0) is 16.9. The van der Waals surface area contributed by atoms with Gasteiger partial charge in [0.25, 0.3) is 5.91 Å². The fraction of sp³-hybridized carbons (Fsp3) is 0.263. The molecule has 0 saturated heterocycles. The number of esters is 1. The van der Waals surface area contributed by atoms with E-state index in [-0.39, 0.29) is 5.91 Å². The van der Waals surface area contributed by atoms with Crippen LogP contribution in [0.3, 0.4) is 0 Å². The highest BCUT2D eigenvalue weighted by molar-refractivity contribution is 5.97. The van der Waals surface area contributed by atoms with Gasteiger partial charge in [-0.15, -0.1) is 0 Å². The van der Waals surface area contributed by atoms with E-state index in [4.69, 9.17) is 4.74 Å². The molecule has 0 aromatic heterocycles. The minimum atomic E-state index is -0.844. The van der Waals surface area contributed by atoms with Crippen LogP contribution >= 0.6 is 0 Å². The van der Waals surface area contributed by atoms with Crippen LogP contribution in [-0.2, 0) is 9.53 Å². The van der Waals surface area contributed by atoms with Gasteiger partial charge in [0.1, 0.15) is 5.60 Å². The Hall–Kier alpha value is -2.62. The topological polar surface area (TPSA) is 55.4 Å². The summed E-state index contributed by atoms with van der Waals surface area (Å²) < 4.78 is 5.44. The number of hydrogen-bond donors (Lipinski definition) is 1. The van der Waals surface area contributed by atoms with E-state index in [0.29, 0.717) is 11.1 Å². The molecule has 23 heavy (non-hydrogen) atoms.